The Hall–Kier alpha value is -4.55. The highest BCUT2D eigenvalue weighted by molar-refractivity contribution is 5.84. The summed E-state index contributed by atoms with van der Waals surface area (Å²) in [5.74, 6) is -1.16. The SMILES string of the molecule is CCC1C(CC(C)=NNc2ccc([N+](=O)[O-])cc2[N+](=O)[O-])C(C#N)(C#N)C1(C#N)C#N. The molecule has 0 aromatic heterocycles. The van der Waals surface area contributed by atoms with Gasteiger partial charge in [-0.3, -0.25) is 25.7 Å². The van der Waals surface area contributed by atoms with Gasteiger partial charge < -0.3 is 0 Å². The number of hydrazone groups is 1. The Balaban J connectivity index is 2.33. The topological polar surface area (TPSA) is 206 Å². The molecular formula is C19H16N8O4. The smallest absolute Gasteiger partial charge is 0.272 e. The average Bonchev–Trinajstić information content (AvgIpc) is 2.75. The Morgan fingerprint density at radius 3 is 2.06 bits per heavy atom. The zero-order valence-electron chi connectivity index (χ0n) is 16.6. The lowest BCUT2D eigenvalue weighted by molar-refractivity contribution is -0.393. The number of nitriles is 4. The lowest BCUT2D eigenvalue weighted by atomic mass is 9.38. The van der Waals surface area contributed by atoms with Crippen molar-refractivity contribution in [1.82, 2.24) is 0 Å². The Morgan fingerprint density at radius 1 is 1.06 bits per heavy atom. The lowest BCUT2D eigenvalue weighted by Crippen LogP contribution is -2.63. The normalized spacial score (nSPS) is 20.6. The fraction of sp³-hybridized carbons (Fsp3) is 0.421. The highest BCUT2D eigenvalue weighted by Crippen LogP contribution is 2.66. The van der Waals surface area contributed by atoms with Crippen molar-refractivity contribution in [3.8, 4) is 24.3 Å². The van der Waals surface area contributed by atoms with Gasteiger partial charge in [-0.25, -0.2) is 0 Å². The van der Waals surface area contributed by atoms with Crippen molar-refractivity contribution in [2.75, 3.05) is 5.43 Å². The summed E-state index contributed by atoms with van der Waals surface area (Å²) in [5, 5.41) is 64.5. The van der Waals surface area contributed by atoms with Gasteiger partial charge in [0.2, 0.25) is 0 Å². The van der Waals surface area contributed by atoms with Gasteiger partial charge in [0.05, 0.1) is 40.2 Å². The molecule has 156 valence electrons. The van der Waals surface area contributed by atoms with Crippen molar-refractivity contribution in [2.24, 2.45) is 27.8 Å². The number of anilines is 1. The van der Waals surface area contributed by atoms with Crippen LogP contribution in [0.1, 0.15) is 26.7 Å². The Bertz CT molecular complexity index is 1100. The van der Waals surface area contributed by atoms with E-state index < -0.39 is 43.9 Å². The Labute approximate surface area is 176 Å². The fourth-order valence-electron chi connectivity index (χ4n) is 4.11. The quantitative estimate of drug-likeness (QED) is 0.389. The molecule has 0 amide bonds. The van der Waals surface area contributed by atoms with E-state index in [0.717, 1.165) is 18.2 Å². The van der Waals surface area contributed by atoms with Crippen molar-refractivity contribution in [3.05, 3.63) is 38.4 Å². The zero-order valence-corrected chi connectivity index (χ0v) is 16.6. The number of non-ortho nitro benzene ring substituents is 1. The maximum atomic E-state index is 11.2. The van der Waals surface area contributed by atoms with Gasteiger partial charge in [-0.2, -0.15) is 26.1 Å². The van der Waals surface area contributed by atoms with Crippen LogP contribution in [0.2, 0.25) is 0 Å². The highest BCUT2D eigenvalue weighted by atomic mass is 16.6. The summed E-state index contributed by atoms with van der Waals surface area (Å²) in [7, 11) is 0. The van der Waals surface area contributed by atoms with Crippen LogP contribution in [-0.2, 0) is 0 Å². The van der Waals surface area contributed by atoms with Crippen LogP contribution in [0.5, 0.6) is 0 Å². The van der Waals surface area contributed by atoms with E-state index in [1.165, 1.54) is 0 Å². The van der Waals surface area contributed by atoms with Crippen LogP contribution in [0.25, 0.3) is 0 Å². The summed E-state index contributed by atoms with van der Waals surface area (Å²) < 4.78 is 0. The predicted octanol–water partition coefficient (Wildman–Crippen LogP) is 3.40. The van der Waals surface area contributed by atoms with Gasteiger partial charge >= 0.3 is 5.69 Å². The van der Waals surface area contributed by atoms with E-state index in [9.17, 15) is 41.3 Å². The molecule has 1 aromatic carbocycles. The summed E-state index contributed by atoms with van der Waals surface area (Å²) in [6.07, 6.45) is 0.490. The molecule has 0 bridgehead atoms. The third-order valence-electron chi connectivity index (χ3n) is 5.64. The van der Waals surface area contributed by atoms with Gasteiger partial charge in [-0.15, -0.1) is 0 Å². The van der Waals surface area contributed by atoms with Gasteiger partial charge in [0, 0.05) is 17.7 Å². The molecule has 1 N–H and O–H groups in total. The third-order valence-corrected chi connectivity index (χ3v) is 5.64. The molecule has 1 saturated carbocycles. The van der Waals surface area contributed by atoms with Crippen LogP contribution >= 0.6 is 0 Å². The van der Waals surface area contributed by atoms with E-state index in [4.69, 9.17) is 0 Å². The van der Waals surface area contributed by atoms with Crippen LogP contribution in [-0.4, -0.2) is 15.6 Å². The highest BCUT2D eigenvalue weighted by Gasteiger charge is 2.74. The summed E-state index contributed by atoms with van der Waals surface area (Å²) in [6, 6.07) is 10.5. The minimum Gasteiger partial charge on any atom is -0.272 e. The van der Waals surface area contributed by atoms with E-state index in [1.807, 2.05) is 24.3 Å². The average molecular weight is 420 g/mol. The first-order chi connectivity index (χ1) is 14.7. The number of nitrogens with zero attached hydrogens (tertiary/aromatic N) is 7. The third kappa shape index (κ3) is 3.37. The number of nitro groups is 2. The van der Waals surface area contributed by atoms with Crippen molar-refractivity contribution in [1.29, 1.82) is 21.0 Å². The maximum absolute atomic E-state index is 11.2. The lowest BCUT2D eigenvalue weighted by Gasteiger charge is -2.55. The van der Waals surface area contributed by atoms with E-state index >= 15 is 0 Å². The molecule has 1 aliphatic rings. The van der Waals surface area contributed by atoms with Crippen LogP contribution in [0.4, 0.5) is 17.1 Å². The molecule has 2 unspecified atom stereocenters. The number of benzene rings is 1. The molecule has 1 aromatic rings. The second kappa shape index (κ2) is 8.44. The zero-order chi connectivity index (χ0) is 23.4. The molecule has 2 atom stereocenters. The van der Waals surface area contributed by atoms with Crippen molar-refractivity contribution >= 4 is 22.8 Å². The Kier molecular flexibility index (Phi) is 6.19. The van der Waals surface area contributed by atoms with E-state index in [-0.39, 0.29) is 12.1 Å². The second-order valence-corrected chi connectivity index (χ2v) is 7.06. The first-order valence-corrected chi connectivity index (χ1v) is 9.05. The molecule has 0 spiro atoms. The molecule has 1 fully saturated rings. The summed E-state index contributed by atoms with van der Waals surface area (Å²) in [4.78, 5) is 20.5. The van der Waals surface area contributed by atoms with Crippen molar-refractivity contribution < 1.29 is 9.85 Å². The molecule has 0 heterocycles. The Morgan fingerprint density at radius 2 is 1.61 bits per heavy atom. The largest absolute Gasteiger partial charge is 0.301 e. The first-order valence-electron chi connectivity index (χ1n) is 9.05. The van der Waals surface area contributed by atoms with E-state index in [0.29, 0.717) is 12.1 Å². The second-order valence-electron chi connectivity index (χ2n) is 7.06. The van der Waals surface area contributed by atoms with Gasteiger partial charge in [-0.05, 0) is 25.3 Å². The van der Waals surface area contributed by atoms with Crippen LogP contribution in [0, 0.1) is 88.2 Å². The van der Waals surface area contributed by atoms with Crippen molar-refractivity contribution in [2.45, 2.75) is 26.7 Å². The number of rotatable bonds is 7. The monoisotopic (exact) mass is 420 g/mol. The van der Waals surface area contributed by atoms with Crippen LogP contribution in [0.3, 0.4) is 0 Å². The minimum atomic E-state index is -1.83. The van der Waals surface area contributed by atoms with Crippen LogP contribution < -0.4 is 5.43 Å². The minimum absolute atomic E-state index is 0.0779. The van der Waals surface area contributed by atoms with Gasteiger partial charge in [-0.1, -0.05) is 13.3 Å². The predicted molar refractivity (Wildman–Crippen MR) is 106 cm³/mol. The summed E-state index contributed by atoms with van der Waals surface area (Å²) in [5.41, 5.74) is -1.79. The number of hydrogen-bond donors (Lipinski definition) is 1. The molecule has 0 aliphatic heterocycles. The summed E-state index contributed by atoms with van der Waals surface area (Å²) >= 11 is 0. The van der Waals surface area contributed by atoms with Crippen molar-refractivity contribution in [3.63, 3.8) is 0 Å². The van der Waals surface area contributed by atoms with Crippen LogP contribution in [0.15, 0.2) is 23.3 Å². The molecule has 0 saturated heterocycles. The summed E-state index contributed by atoms with van der Waals surface area (Å²) in [6.45, 7) is 3.32. The molecule has 2 rings (SSSR count). The van der Waals surface area contributed by atoms with Gasteiger partial charge in [0.25, 0.3) is 5.69 Å². The number of hydrogen-bond acceptors (Lipinski definition) is 10. The maximum Gasteiger partial charge on any atom is 0.301 e. The van der Waals surface area contributed by atoms with Gasteiger partial charge in [0.1, 0.15) is 5.69 Å². The van der Waals surface area contributed by atoms with E-state index in [1.54, 1.807) is 13.8 Å². The van der Waals surface area contributed by atoms with E-state index in [2.05, 4.69) is 10.5 Å². The molecule has 12 nitrogen and oxygen atoms in total. The number of nitrogens with one attached hydrogen (secondary N) is 1. The molecule has 0 radical (unpaired) electrons. The molecule has 1 aliphatic carbocycles. The molecule has 31 heavy (non-hydrogen) atoms. The first kappa shape index (κ1) is 22.7. The van der Waals surface area contributed by atoms with Gasteiger partial charge in [0.15, 0.2) is 10.8 Å². The standard InChI is InChI=1S/C19H16N8O4/c1-3-14-15(19(10-22,11-23)18(14,8-20)9-21)6-12(2)24-25-16-5-4-13(26(28)29)7-17(16)27(30)31/h4-5,7,14-15,25H,3,6H2,1-2H3. The number of nitro benzene ring substituents is 2. The molecule has 12 heteroatoms. The fourth-order valence-corrected chi connectivity index (χ4v) is 4.11. The molecular weight excluding hydrogens is 404 g/mol.